The molecule has 246 valence electrons. The van der Waals surface area contributed by atoms with Crippen molar-refractivity contribution in [2.24, 2.45) is 22.3 Å². The first-order valence-corrected chi connectivity index (χ1v) is 16.1. The molecule has 2 N–H and O–H groups in total. The van der Waals surface area contributed by atoms with Gasteiger partial charge in [0, 0.05) is 18.9 Å². The lowest BCUT2D eigenvalue weighted by molar-refractivity contribution is -0.143. The zero-order valence-electron chi connectivity index (χ0n) is 26.5. The maximum atomic E-state index is 14.1. The van der Waals surface area contributed by atoms with E-state index in [4.69, 9.17) is 38.5 Å². The van der Waals surface area contributed by atoms with Gasteiger partial charge in [-0.15, -0.1) is 4.76 Å². The highest BCUT2D eigenvalue weighted by Gasteiger charge is 2.39. The number of hydrogen-bond acceptors (Lipinski definition) is 11. The fourth-order valence-electron chi connectivity index (χ4n) is 2.90. The fraction of sp³-hybridized carbons (Fsp3) is 0.852. The monoisotopic (exact) mass is 625 g/mol. The molecule has 0 fully saturated rings. The van der Waals surface area contributed by atoms with Crippen LogP contribution < -0.4 is 5.73 Å². The minimum atomic E-state index is -4.70. The molecule has 0 aliphatic heterocycles. The third-order valence-corrected chi connectivity index (χ3v) is 6.77. The van der Waals surface area contributed by atoms with Gasteiger partial charge in [0.25, 0.3) is 0 Å². The van der Waals surface area contributed by atoms with Crippen LogP contribution in [0.3, 0.4) is 0 Å². The molecule has 2 unspecified atom stereocenters. The molecule has 42 heavy (non-hydrogen) atoms. The minimum absolute atomic E-state index is 0.138. The largest absolute Gasteiger partial charge is 0.510 e. The van der Waals surface area contributed by atoms with Crippen molar-refractivity contribution in [3.05, 3.63) is 0 Å². The maximum Gasteiger partial charge on any atom is 0.510 e. The molecule has 0 saturated heterocycles. The van der Waals surface area contributed by atoms with Crippen LogP contribution in [0.4, 0.5) is 9.59 Å². The highest BCUT2D eigenvalue weighted by Crippen LogP contribution is 2.54. The van der Waals surface area contributed by atoms with Crippen LogP contribution in [-0.2, 0) is 42.1 Å². The summed E-state index contributed by atoms with van der Waals surface area (Å²) in [6, 6.07) is 0. The minimum Gasteiger partial charge on any atom is -0.464 e. The highest BCUT2D eigenvalue weighted by atomic mass is 31.2. The van der Waals surface area contributed by atoms with Crippen LogP contribution in [0.1, 0.15) is 93.4 Å². The van der Waals surface area contributed by atoms with Crippen molar-refractivity contribution in [3.63, 3.8) is 0 Å². The summed E-state index contributed by atoms with van der Waals surface area (Å²) in [5, 5.41) is 0. The Bertz CT molecular complexity index is 826. The predicted octanol–water partition coefficient (Wildman–Crippen LogP) is 5.98. The van der Waals surface area contributed by atoms with Gasteiger partial charge >= 0.3 is 26.0 Å². The van der Waals surface area contributed by atoms with E-state index in [9.17, 15) is 18.9 Å². The van der Waals surface area contributed by atoms with Gasteiger partial charge in [0.1, 0.15) is 6.54 Å². The van der Waals surface area contributed by atoms with E-state index in [0.29, 0.717) is 19.3 Å². The Morgan fingerprint density at radius 1 is 0.738 bits per heavy atom. The van der Waals surface area contributed by atoms with Crippen LogP contribution in [0, 0.1) is 11.8 Å². The van der Waals surface area contributed by atoms with E-state index in [1.54, 1.807) is 27.7 Å². The Morgan fingerprint density at radius 3 is 1.57 bits per heavy atom. The molecule has 0 aliphatic carbocycles. The lowest BCUT2D eigenvalue weighted by atomic mass is 10.2. The van der Waals surface area contributed by atoms with Gasteiger partial charge in [0.2, 0.25) is 18.5 Å². The summed E-state index contributed by atoms with van der Waals surface area (Å²) in [6.45, 7) is 12.6. The van der Waals surface area contributed by atoms with E-state index in [0.717, 1.165) is 25.7 Å². The van der Waals surface area contributed by atoms with E-state index in [-0.39, 0.29) is 26.4 Å². The van der Waals surface area contributed by atoms with Gasteiger partial charge in [-0.25, -0.2) is 23.2 Å². The van der Waals surface area contributed by atoms with Crippen LogP contribution in [-0.4, -0.2) is 75.1 Å². The van der Waals surface area contributed by atoms with Gasteiger partial charge in [0.05, 0.1) is 19.8 Å². The van der Waals surface area contributed by atoms with Crippen molar-refractivity contribution in [2.45, 2.75) is 106 Å². The summed E-state index contributed by atoms with van der Waals surface area (Å²) in [4.78, 5) is 37.9. The molecule has 0 aromatic carbocycles. The first kappa shape index (κ1) is 39.4. The summed E-state index contributed by atoms with van der Waals surface area (Å²) in [5.74, 6) is -2.06. The SMILES string of the molecule is CCCCCOC(=O)OC(OP(=O)(/N=C(\N)N(C)CC(=O)OCCC)OC(OC(=O)OCCCCC)C(C)C)C(C)C. The van der Waals surface area contributed by atoms with Gasteiger partial charge in [-0.2, -0.15) is 0 Å². The Morgan fingerprint density at radius 2 is 1.19 bits per heavy atom. The molecule has 2 atom stereocenters. The standard InChI is InChI=1S/C27H52N3O11P/c1-9-12-14-17-36-26(32)38-23(20(4)5)40-42(34,29-25(28)30(8)19-22(31)35-16-11-3)41-24(21(6)7)39-27(33)37-18-15-13-10-2/h20-21,23-24H,9-19H2,1-8H3,(H2,28,29,34). The molecule has 0 bridgehead atoms. The number of hydrogen-bond donors (Lipinski definition) is 1. The van der Waals surface area contributed by atoms with Crippen LogP contribution in [0.2, 0.25) is 0 Å². The van der Waals surface area contributed by atoms with Crippen molar-refractivity contribution >= 4 is 32.0 Å². The molecule has 0 heterocycles. The van der Waals surface area contributed by atoms with E-state index < -0.39 is 56.4 Å². The number of carbonyl (C=O) groups excluding carboxylic acids is 3. The zero-order valence-corrected chi connectivity index (χ0v) is 27.4. The van der Waals surface area contributed by atoms with Crippen LogP contribution >= 0.6 is 7.75 Å². The molecule has 15 heteroatoms. The average molecular weight is 626 g/mol. The summed E-state index contributed by atoms with van der Waals surface area (Å²) in [5.41, 5.74) is 6.05. The second-order valence-electron chi connectivity index (χ2n) is 10.3. The molecule has 0 spiro atoms. The van der Waals surface area contributed by atoms with Crippen molar-refractivity contribution in [2.75, 3.05) is 33.4 Å². The zero-order chi connectivity index (χ0) is 32.1. The summed E-state index contributed by atoms with van der Waals surface area (Å²) >= 11 is 0. The van der Waals surface area contributed by atoms with Gasteiger partial charge in [-0.1, -0.05) is 74.1 Å². The van der Waals surface area contributed by atoms with Crippen LogP contribution in [0.15, 0.2) is 4.76 Å². The number of guanidine groups is 1. The van der Waals surface area contributed by atoms with Crippen molar-refractivity contribution < 1.29 is 51.7 Å². The Hall–Kier alpha value is -2.57. The number of ether oxygens (including phenoxy) is 5. The third-order valence-electron chi connectivity index (χ3n) is 5.37. The molecule has 0 aromatic heterocycles. The Labute approximate surface area is 250 Å². The lowest BCUT2D eigenvalue weighted by Crippen LogP contribution is -2.38. The fourth-order valence-corrected chi connectivity index (χ4v) is 4.55. The molecule has 0 rings (SSSR count). The second kappa shape index (κ2) is 22.0. The van der Waals surface area contributed by atoms with Gasteiger partial charge in [0.15, 0.2) is 0 Å². The first-order valence-electron chi connectivity index (χ1n) is 14.6. The molecule has 0 saturated carbocycles. The van der Waals surface area contributed by atoms with Gasteiger partial charge < -0.3 is 34.3 Å². The summed E-state index contributed by atoms with van der Waals surface area (Å²) < 4.78 is 55.0. The van der Waals surface area contributed by atoms with Crippen LogP contribution in [0.5, 0.6) is 0 Å². The maximum absolute atomic E-state index is 14.1. The third kappa shape index (κ3) is 18.1. The number of rotatable bonds is 21. The highest BCUT2D eigenvalue weighted by molar-refractivity contribution is 7.52. The van der Waals surface area contributed by atoms with Crippen LogP contribution in [0.25, 0.3) is 0 Å². The van der Waals surface area contributed by atoms with E-state index >= 15 is 0 Å². The first-order chi connectivity index (χ1) is 19.8. The summed E-state index contributed by atoms with van der Waals surface area (Å²) in [7, 11) is -3.27. The molecule has 14 nitrogen and oxygen atoms in total. The van der Waals surface area contributed by atoms with Gasteiger partial charge in [-0.3, -0.25) is 4.79 Å². The Kier molecular flexibility index (Phi) is 20.7. The lowest BCUT2D eigenvalue weighted by Gasteiger charge is -2.28. The molecule has 0 aliphatic rings. The van der Waals surface area contributed by atoms with Crippen molar-refractivity contribution in [1.29, 1.82) is 0 Å². The second-order valence-corrected chi connectivity index (χ2v) is 11.8. The van der Waals surface area contributed by atoms with E-state index in [1.807, 2.05) is 20.8 Å². The van der Waals surface area contributed by atoms with Crippen molar-refractivity contribution in [3.8, 4) is 0 Å². The number of nitrogens with two attached hydrogens (primary N) is 1. The number of likely N-dealkylation sites (N-methyl/N-ethyl adjacent to an activating group) is 1. The van der Waals surface area contributed by atoms with Crippen molar-refractivity contribution in [1.82, 2.24) is 4.90 Å². The summed E-state index contributed by atoms with van der Waals surface area (Å²) in [6.07, 6.45) is 0.583. The van der Waals surface area contributed by atoms with Gasteiger partial charge in [-0.05, 0) is 19.3 Å². The average Bonchev–Trinajstić information content (AvgIpc) is 2.91. The van der Waals surface area contributed by atoms with E-state index in [2.05, 4.69) is 4.76 Å². The Balaban J connectivity index is 6.00. The molecule has 0 aromatic rings. The normalized spacial score (nSPS) is 14.6. The number of carbonyl (C=O) groups is 3. The smallest absolute Gasteiger partial charge is 0.464 e. The number of esters is 1. The molecule has 0 radical (unpaired) electrons. The quantitative estimate of drug-likeness (QED) is 0.0300. The number of unbranched alkanes of at least 4 members (excludes halogenated alkanes) is 4. The van der Waals surface area contributed by atoms with E-state index in [1.165, 1.54) is 11.9 Å². The predicted molar refractivity (Wildman–Crippen MR) is 156 cm³/mol. The molecule has 0 amide bonds. The number of nitrogens with zero attached hydrogens (tertiary/aromatic N) is 2. The molecular weight excluding hydrogens is 573 g/mol. The molecular formula is C27H52N3O11P. The topological polar surface area (TPSA) is 175 Å².